The Morgan fingerprint density at radius 2 is 2.10 bits per heavy atom. The lowest BCUT2D eigenvalue weighted by Crippen LogP contribution is -2.37. The summed E-state index contributed by atoms with van der Waals surface area (Å²) < 4.78 is 6.00. The van der Waals surface area contributed by atoms with E-state index in [-0.39, 0.29) is 18.3 Å². The molecule has 0 aliphatic heterocycles. The van der Waals surface area contributed by atoms with E-state index in [1.165, 1.54) is 7.11 Å². The molecule has 1 aromatic heterocycles. The Labute approximate surface area is 120 Å². The van der Waals surface area contributed by atoms with Crippen LogP contribution in [0.3, 0.4) is 0 Å². The molecule has 1 heterocycles. The van der Waals surface area contributed by atoms with Gasteiger partial charge in [-0.25, -0.2) is 4.79 Å². The van der Waals surface area contributed by atoms with Gasteiger partial charge in [0, 0.05) is 7.11 Å². The van der Waals surface area contributed by atoms with Gasteiger partial charge in [0.05, 0.1) is 18.7 Å². The van der Waals surface area contributed by atoms with E-state index in [1.807, 2.05) is 25.1 Å². The van der Waals surface area contributed by atoms with E-state index in [0.29, 0.717) is 11.1 Å². The number of aryl methyl sites for hydroxylation is 1. The molecule has 0 spiro atoms. The Hall–Kier alpha value is -1.85. The van der Waals surface area contributed by atoms with Crippen molar-refractivity contribution in [2.45, 2.75) is 13.5 Å². The molecule has 0 radical (unpaired) electrons. The predicted octanol–water partition coefficient (Wildman–Crippen LogP) is 1.81. The number of hydrogen-bond donors (Lipinski definition) is 1. The Morgan fingerprint density at radius 3 is 2.75 bits per heavy atom. The van der Waals surface area contributed by atoms with Crippen LogP contribution in [0.2, 0.25) is 5.15 Å². The molecular formula is C14H15ClN2O3. The van der Waals surface area contributed by atoms with E-state index in [1.54, 1.807) is 6.07 Å². The van der Waals surface area contributed by atoms with Gasteiger partial charge in [-0.3, -0.25) is 14.3 Å². The van der Waals surface area contributed by atoms with Crippen LogP contribution >= 0.6 is 11.6 Å². The van der Waals surface area contributed by atoms with E-state index in [0.717, 1.165) is 10.1 Å². The summed E-state index contributed by atoms with van der Waals surface area (Å²) in [4.78, 5) is 26.7. The molecule has 0 amide bonds. The normalized spacial score (nSPS) is 10.8. The van der Waals surface area contributed by atoms with Gasteiger partial charge in [-0.2, -0.15) is 0 Å². The van der Waals surface area contributed by atoms with Gasteiger partial charge in [0.1, 0.15) is 5.15 Å². The minimum absolute atomic E-state index is 0.0549. The minimum atomic E-state index is -0.534. The second kappa shape index (κ2) is 6.07. The summed E-state index contributed by atoms with van der Waals surface area (Å²) in [6, 6.07) is 7.40. The van der Waals surface area contributed by atoms with E-state index < -0.39 is 11.2 Å². The predicted molar refractivity (Wildman–Crippen MR) is 78.4 cm³/mol. The highest BCUT2D eigenvalue weighted by atomic mass is 35.5. The number of aromatic amines is 1. The standard InChI is InChI=1S/C14H15ClN2O3/c1-9-4-3-5-10(8-9)11-12(15)16-14(19)17(13(11)18)6-7-20-2/h3-5,8H,6-7H2,1-2H3,(H,16,19). The summed E-state index contributed by atoms with van der Waals surface area (Å²) >= 11 is 6.03. The maximum absolute atomic E-state index is 12.4. The third-order valence-electron chi connectivity index (χ3n) is 2.97. The fraction of sp³-hybridized carbons (Fsp3) is 0.286. The first kappa shape index (κ1) is 14.6. The van der Waals surface area contributed by atoms with Crippen LogP contribution in [0.15, 0.2) is 33.9 Å². The van der Waals surface area contributed by atoms with Gasteiger partial charge in [-0.1, -0.05) is 41.4 Å². The van der Waals surface area contributed by atoms with Crippen molar-refractivity contribution in [2.24, 2.45) is 0 Å². The third kappa shape index (κ3) is 2.84. The molecule has 1 aromatic carbocycles. The van der Waals surface area contributed by atoms with E-state index >= 15 is 0 Å². The number of hydrogen-bond acceptors (Lipinski definition) is 3. The van der Waals surface area contributed by atoms with Crippen LogP contribution in [0.4, 0.5) is 0 Å². The van der Waals surface area contributed by atoms with Crippen molar-refractivity contribution in [3.63, 3.8) is 0 Å². The van der Waals surface area contributed by atoms with Crippen LogP contribution in [0.1, 0.15) is 5.56 Å². The minimum Gasteiger partial charge on any atom is -0.383 e. The van der Waals surface area contributed by atoms with Crippen LogP contribution in [-0.4, -0.2) is 23.3 Å². The summed E-state index contributed by atoms with van der Waals surface area (Å²) in [6.07, 6.45) is 0. The highest BCUT2D eigenvalue weighted by Crippen LogP contribution is 2.22. The number of halogens is 1. The first-order valence-electron chi connectivity index (χ1n) is 6.13. The van der Waals surface area contributed by atoms with Gasteiger partial charge in [-0.05, 0) is 12.5 Å². The topological polar surface area (TPSA) is 64.1 Å². The molecule has 0 unspecified atom stereocenters. The first-order valence-corrected chi connectivity index (χ1v) is 6.51. The zero-order chi connectivity index (χ0) is 14.7. The number of methoxy groups -OCH3 is 1. The molecule has 2 aromatic rings. The number of nitrogens with zero attached hydrogens (tertiary/aromatic N) is 1. The Bertz CT molecular complexity index is 734. The lowest BCUT2D eigenvalue weighted by atomic mass is 10.1. The van der Waals surface area contributed by atoms with Crippen LogP contribution in [0.5, 0.6) is 0 Å². The zero-order valence-corrected chi connectivity index (χ0v) is 12.0. The largest absolute Gasteiger partial charge is 0.383 e. The smallest absolute Gasteiger partial charge is 0.329 e. The fourth-order valence-corrected chi connectivity index (χ4v) is 2.25. The van der Waals surface area contributed by atoms with Gasteiger partial charge < -0.3 is 4.74 Å². The number of H-pyrrole nitrogens is 1. The third-order valence-corrected chi connectivity index (χ3v) is 3.25. The second-order valence-electron chi connectivity index (χ2n) is 4.44. The number of rotatable bonds is 4. The second-order valence-corrected chi connectivity index (χ2v) is 4.82. The Balaban J connectivity index is 2.65. The van der Waals surface area contributed by atoms with E-state index in [4.69, 9.17) is 16.3 Å². The molecule has 0 saturated heterocycles. The van der Waals surface area contributed by atoms with Gasteiger partial charge in [0.2, 0.25) is 0 Å². The molecule has 5 nitrogen and oxygen atoms in total. The van der Waals surface area contributed by atoms with Crippen LogP contribution in [-0.2, 0) is 11.3 Å². The quantitative estimate of drug-likeness (QED) is 0.875. The van der Waals surface area contributed by atoms with Crippen LogP contribution in [0, 0.1) is 6.92 Å². The van der Waals surface area contributed by atoms with Crippen molar-refractivity contribution in [2.75, 3.05) is 13.7 Å². The maximum Gasteiger partial charge on any atom is 0.329 e. The number of benzene rings is 1. The fourth-order valence-electron chi connectivity index (χ4n) is 1.98. The molecule has 106 valence electrons. The van der Waals surface area contributed by atoms with Crippen molar-refractivity contribution in [1.29, 1.82) is 0 Å². The summed E-state index contributed by atoms with van der Waals surface area (Å²) in [7, 11) is 1.51. The molecule has 1 N–H and O–H groups in total. The highest BCUT2D eigenvalue weighted by molar-refractivity contribution is 6.32. The molecule has 0 saturated carbocycles. The van der Waals surface area contributed by atoms with Crippen molar-refractivity contribution in [3.05, 3.63) is 55.8 Å². The highest BCUT2D eigenvalue weighted by Gasteiger charge is 2.14. The summed E-state index contributed by atoms with van der Waals surface area (Å²) in [5.41, 5.74) is 1.04. The average Bonchev–Trinajstić information content (AvgIpc) is 2.38. The molecule has 0 aliphatic rings. The first-order chi connectivity index (χ1) is 9.54. The average molecular weight is 295 g/mol. The summed E-state index contributed by atoms with van der Waals surface area (Å²) in [6.45, 7) is 2.38. The summed E-state index contributed by atoms with van der Waals surface area (Å²) in [5, 5.41) is 0.0549. The lowest BCUT2D eigenvalue weighted by molar-refractivity contribution is 0.185. The SMILES string of the molecule is COCCn1c(=O)[nH]c(Cl)c(-c2cccc(C)c2)c1=O. The molecule has 6 heteroatoms. The van der Waals surface area contributed by atoms with Gasteiger partial charge in [0.15, 0.2) is 0 Å². The molecule has 20 heavy (non-hydrogen) atoms. The lowest BCUT2D eigenvalue weighted by Gasteiger charge is -2.09. The molecule has 0 fully saturated rings. The van der Waals surface area contributed by atoms with Crippen LogP contribution < -0.4 is 11.2 Å². The molecule has 0 bridgehead atoms. The molecule has 0 aliphatic carbocycles. The van der Waals surface area contributed by atoms with E-state index in [9.17, 15) is 9.59 Å². The van der Waals surface area contributed by atoms with Gasteiger partial charge >= 0.3 is 5.69 Å². The van der Waals surface area contributed by atoms with Gasteiger partial charge in [0.25, 0.3) is 5.56 Å². The summed E-state index contributed by atoms with van der Waals surface area (Å²) in [5.74, 6) is 0. The Morgan fingerprint density at radius 1 is 1.35 bits per heavy atom. The number of nitrogens with one attached hydrogen (secondary N) is 1. The van der Waals surface area contributed by atoms with Gasteiger partial charge in [-0.15, -0.1) is 0 Å². The monoisotopic (exact) mass is 294 g/mol. The van der Waals surface area contributed by atoms with Crippen LogP contribution in [0.25, 0.3) is 11.1 Å². The molecule has 0 atom stereocenters. The van der Waals surface area contributed by atoms with Crippen molar-refractivity contribution in [3.8, 4) is 11.1 Å². The maximum atomic E-state index is 12.4. The molecular weight excluding hydrogens is 280 g/mol. The number of ether oxygens (including phenoxy) is 1. The molecule has 2 rings (SSSR count). The van der Waals surface area contributed by atoms with Crippen molar-refractivity contribution in [1.82, 2.24) is 9.55 Å². The van der Waals surface area contributed by atoms with Crippen molar-refractivity contribution >= 4 is 11.6 Å². The van der Waals surface area contributed by atoms with Crippen molar-refractivity contribution < 1.29 is 4.74 Å². The number of aromatic nitrogens is 2. The van der Waals surface area contributed by atoms with E-state index in [2.05, 4.69) is 4.98 Å². The zero-order valence-electron chi connectivity index (χ0n) is 11.3. The Kier molecular flexibility index (Phi) is 4.42.